The first-order chi connectivity index (χ1) is 11.0. The number of fused-ring (bicyclic) bond motifs is 1. The van der Waals surface area contributed by atoms with Crippen molar-refractivity contribution >= 4 is 28.6 Å². The number of hydrogen-bond acceptors (Lipinski definition) is 3. The Labute approximate surface area is 136 Å². The van der Waals surface area contributed by atoms with Crippen LogP contribution in [0.4, 0.5) is 4.79 Å². The molecule has 0 radical (unpaired) electrons. The van der Waals surface area contributed by atoms with Crippen molar-refractivity contribution in [3.8, 4) is 0 Å². The summed E-state index contributed by atoms with van der Waals surface area (Å²) in [6.45, 7) is 2.26. The molecule has 118 valence electrons. The van der Waals surface area contributed by atoms with E-state index in [1.807, 2.05) is 31.2 Å². The van der Waals surface area contributed by atoms with Crippen LogP contribution >= 0.6 is 11.6 Å². The average Bonchev–Trinajstić information content (AvgIpc) is 2.82. The van der Waals surface area contributed by atoms with Crippen LogP contribution in [-0.2, 0) is 6.54 Å². The molecule has 0 aliphatic rings. The Balaban J connectivity index is 1.72. The Morgan fingerprint density at radius 1 is 1.30 bits per heavy atom. The lowest BCUT2D eigenvalue weighted by Gasteiger charge is -2.07. The molecular formula is C16H14ClN3O3. The number of amides is 1. The lowest BCUT2D eigenvalue weighted by Crippen LogP contribution is -2.36. The number of benzene rings is 2. The van der Waals surface area contributed by atoms with Gasteiger partial charge in [-0.2, -0.15) is 0 Å². The molecule has 1 amide bonds. The summed E-state index contributed by atoms with van der Waals surface area (Å²) < 4.78 is 0. The van der Waals surface area contributed by atoms with Crippen molar-refractivity contribution in [1.29, 1.82) is 0 Å². The van der Waals surface area contributed by atoms with Gasteiger partial charge in [0.25, 0.3) is 0 Å². The standard InChI is InChI=1S/C16H14ClN3O3/c1-10-4-2-3-5-11(10)9-18-16(22)23-20-15(21)13-7-6-12(17)8-14(13)19-20/h2-8,19H,9H2,1H3,(H,18,22). The first kappa shape index (κ1) is 15.2. The van der Waals surface area contributed by atoms with E-state index in [-0.39, 0.29) is 0 Å². The van der Waals surface area contributed by atoms with Gasteiger partial charge in [-0.1, -0.05) is 40.7 Å². The van der Waals surface area contributed by atoms with Crippen LogP contribution in [0.2, 0.25) is 5.02 Å². The van der Waals surface area contributed by atoms with Gasteiger partial charge in [0.2, 0.25) is 0 Å². The number of nitrogens with zero attached hydrogens (tertiary/aromatic N) is 1. The summed E-state index contributed by atoms with van der Waals surface area (Å²) in [7, 11) is 0. The van der Waals surface area contributed by atoms with Crippen molar-refractivity contribution in [2.45, 2.75) is 13.5 Å². The lowest BCUT2D eigenvalue weighted by atomic mass is 10.1. The third kappa shape index (κ3) is 3.22. The smallest absolute Gasteiger partial charge is 0.316 e. The minimum atomic E-state index is -0.729. The first-order valence-electron chi connectivity index (χ1n) is 6.95. The summed E-state index contributed by atoms with van der Waals surface area (Å²) in [4.78, 5) is 29.7. The fourth-order valence-electron chi connectivity index (χ4n) is 2.22. The molecule has 0 atom stereocenters. The molecule has 7 heteroatoms. The largest absolute Gasteiger partial charge is 0.433 e. The number of rotatable bonds is 3. The second-order valence-corrected chi connectivity index (χ2v) is 5.50. The summed E-state index contributed by atoms with van der Waals surface area (Å²) >= 11 is 5.87. The molecule has 1 aromatic heterocycles. The molecule has 1 heterocycles. The summed E-state index contributed by atoms with van der Waals surface area (Å²) in [5, 5.41) is 6.16. The van der Waals surface area contributed by atoms with Crippen molar-refractivity contribution < 1.29 is 9.63 Å². The van der Waals surface area contributed by atoms with Crippen LogP contribution in [0.25, 0.3) is 10.9 Å². The molecule has 0 unspecified atom stereocenters. The van der Waals surface area contributed by atoms with Crippen molar-refractivity contribution in [2.24, 2.45) is 0 Å². The van der Waals surface area contributed by atoms with Crippen LogP contribution in [-0.4, -0.2) is 16.0 Å². The van der Waals surface area contributed by atoms with Gasteiger partial charge in [-0.15, -0.1) is 0 Å². The van der Waals surface area contributed by atoms with Crippen LogP contribution in [0, 0.1) is 6.92 Å². The molecule has 2 N–H and O–H groups in total. The van der Waals surface area contributed by atoms with E-state index in [9.17, 15) is 9.59 Å². The summed E-state index contributed by atoms with van der Waals surface area (Å²) in [5.74, 6) is 0. The highest BCUT2D eigenvalue weighted by Gasteiger charge is 2.11. The molecule has 0 bridgehead atoms. The fraction of sp³-hybridized carbons (Fsp3) is 0.125. The van der Waals surface area contributed by atoms with Gasteiger partial charge in [-0.25, -0.2) is 4.79 Å². The quantitative estimate of drug-likeness (QED) is 0.774. The Morgan fingerprint density at radius 2 is 2.09 bits per heavy atom. The van der Waals surface area contributed by atoms with E-state index in [2.05, 4.69) is 10.4 Å². The van der Waals surface area contributed by atoms with Crippen molar-refractivity contribution in [2.75, 3.05) is 0 Å². The third-order valence-corrected chi connectivity index (χ3v) is 3.71. The van der Waals surface area contributed by atoms with Gasteiger partial charge in [0, 0.05) is 11.6 Å². The summed E-state index contributed by atoms with van der Waals surface area (Å²) in [6, 6.07) is 12.4. The normalized spacial score (nSPS) is 10.7. The van der Waals surface area contributed by atoms with E-state index in [0.717, 1.165) is 16.0 Å². The van der Waals surface area contributed by atoms with E-state index in [1.165, 1.54) is 0 Å². The third-order valence-electron chi connectivity index (χ3n) is 3.48. The van der Waals surface area contributed by atoms with Gasteiger partial charge in [0.1, 0.15) is 0 Å². The predicted molar refractivity (Wildman–Crippen MR) is 87.6 cm³/mol. The van der Waals surface area contributed by atoms with Gasteiger partial charge < -0.3 is 5.32 Å². The maximum absolute atomic E-state index is 12.1. The molecule has 2 aromatic carbocycles. The number of aromatic nitrogens is 2. The van der Waals surface area contributed by atoms with Gasteiger partial charge in [0.05, 0.1) is 10.9 Å². The fourth-order valence-corrected chi connectivity index (χ4v) is 2.39. The number of halogens is 1. The zero-order valence-corrected chi connectivity index (χ0v) is 13.1. The molecule has 0 saturated carbocycles. The van der Waals surface area contributed by atoms with E-state index in [4.69, 9.17) is 16.4 Å². The number of H-pyrrole nitrogens is 1. The molecule has 3 rings (SSSR count). The van der Waals surface area contributed by atoms with E-state index >= 15 is 0 Å². The van der Waals surface area contributed by atoms with E-state index in [1.54, 1.807) is 18.2 Å². The molecule has 0 aliphatic carbocycles. The van der Waals surface area contributed by atoms with Gasteiger partial charge >= 0.3 is 11.7 Å². The molecule has 23 heavy (non-hydrogen) atoms. The minimum Gasteiger partial charge on any atom is -0.316 e. The minimum absolute atomic E-state index is 0.312. The lowest BCUT2D eigenvalue weighted by molar-refractivity contribution is 0.112. The summed E-state index contributed by atoms with van der Waals surface area (Å²) in [6.07, 6.45) is -0.729. The number of carbonyl (C=O) groups excluding carboxylic acids is 1. The topological polar surface area (TPSA) is 76.1 Å². The SMILES string of the molecule is Cc1ccccc1CNC(=O)On1[nH]c2cc(Cl)ccc2c1=O. The van der Waals surface area contributed by atoms with Crippen molar-refractivity contribution in [1.82, 2.24) is 15.3 Å². The zero-order chi connectivity index (χ0) is 16.4. The maximum Gasteiger partial charge on any atom is 0.433 e. The second kappa shape index (κ2) is 6.18. The van der Waals surface area contributed by atoms with Gasteiger partial charge in [0.15, 0.2) is 0 Å². The van der Waals surface area contributed by atoms with E-state index < -0.39 is 11.7 Å². The Morgan fingerprint density at radius 3 is 2.87 bits per heavy atom. The van der Waals surface area contributed by atoms with Crippen LogP contribution in [0.1, 0.15) is 11.1 Å². The number of aryl methyl sites for hydroxylation is 1. The highest BCUT2D eigenvalue weighted by Crippen LogP contribution is 2.14. The Bertz CT molecular complexity index is 930. The Kier molecular flexibility index (Phi) is 4.08. The zero-order valence-electron chi connectivity index (χ0n) is 12.3. The van der Waals surface area contributed by atoms with Gasteiger partial charge in [-0.05, 0) is 36.2 Å². The molecule has 3 aromatic rings. The van der Waals surface area contributed by atoms with Crippen LogP contribution in [0.5, 0.6) is 0 Å². The Hall–Kier alpha value is -2.73. The molecule has 0 saturated heterocycles. The monoisotopic (exact) mass is 331 g/mol. The highest BCUT2D eigenvalue weighted by molar-refractivity contribution is 6.31. The molecule has 0 spiro atoms. The van der Waals surface area contributed by atoms with Crippen molar-refractivity contribution in [3.63, 3.8) is 0 Å². The molecule has 6 nitrogen and oxygen atoms in total. The molecule has 0 fully saturated rings. The maximum atomic E-state index is 12.1. The van der Waals surface area contributed by atoms with Crippen LogP contribution < -0.4 is 15.7 Å². The highest BCUT2D eigenvalue weighted by atomic mass is 35.5. The van der Waals surface area contributed by atoms with Crippen LogP contribution in [0.3, 0.4) is 0 Å². The number of hydrogen-bond donors (Lipinski definition) is 2. The molecule has 0 aliphatic heterocycles. The van der Waals surface area contributed by atoms with E-state index in [0.29, 0.717) is 22.5 Å². The first-order valence-corrected chi connectivity index (χ1v) is 7.33. The summed E-state index contributed by atoms with van der Waals surface area (Å²) in [5.41, 5.74) is 2.07. The van der Waals surface area contributed by atoms with Gasteiger partial charge in [-0.3, -0.25) is 14.7 Å². The second-order valence-electron chi connectivity index (χ2n) is 5.06. The number of nitrogens with one attached hydrogen (secondary N) is 2. The predicted octanol–water partition coefficient (Wildman–Crippen LogP) is 2.63. The average molecular weight is 332 g/mol. The van der Waals surface area contributed by atoms with Crippen LogP contribution in [0.15, 0.2) is 47.3 Å². The van der Waals surface area contributed by atoms with Crippen molar-refractivity contribution in [3.05, 3.63) is 69.0 Å². The number of aromatic amines is 1. The number of carbonyl (C=O) groups is 1. The molecular weight excluding hydrogens is 318 g/mol.